The van der Waals surface area contributed by atoms with E-state index >= 15 is 0 Å². The maximum Gasteiger partial charge on any atom is 0.0850 e. The number of methoxy groups -OCH3 is 1. The average molecular weight is 288 g/mol. The van der Waals surface area contributed by atoms with E-state index in [2.05, 4.69) is 38.1 Å². The Hall–Kier alpha value is -0.580. The molecule has 1 atom stereocenters. The second-order valence-corrected chi connectivity index (χ2v) is 5.61. The van der Waals surface area contributed by atoms with Gasteiger partial charge < -0.3 is 10.1 Å². The van der Waals surface area contributed by atoms with Crippen molar-refractivity contribution in [3.63, 3.8) is 0 Å². The number of halogens is 1. The molecule has 0 saturated carbocycles. The van der Waals surface area contributed by atoms with Crippen LogP contribution in [0.3, 0.4) is 0 Å². The molecule has 1 aromatic rings. The Morgan fingerprint density at radius 3 is 2.47 bits per heavy atom. The topological polar surface area (TPSA) is 39.1 Å². The van der Waals surface area contributed by atoms with E-state index in [-0.39, 0.29) is 11.6 Å². The lowest BCUT2D eigenvalue weighted by Crippen LogP contribution is -2.48. The number of rotatable bonds is 7. The summed E-state index contributed by atoms with van der Waals surface area (Å²) in [5.74, 6) is 0. The van der Waals surface area contributed by atoms with Gasteiger partial charge in [-0.05, 0) is 34.2 Å². The van der Waals surface area contributed by atoms with Gasteiger partial charge in [-0.15, -0.1) is 0 Å². The minimum absolute atomic E-state index is 0.182. The molecule has 0 aliphatic heterocycles. The van der Waals surface area contributed by atoms with Crippen LogP contribution in [0.15, 0.2) is 0 Å². The highest BCUT2D eigenvalue weighted by atomic mass is 35.5. The highest BCUT2D eigenvalue weighted by Gasteiger charge is 2.30. The van der Waals surface area contributed by atoms with Crippen LogP contribution in [0.4, 0.5) is 0 Å². The summed E-state index contributed by atoms with van der Waals surface area (Å²) in [7, 11) is 3.69. The molecular formula is C14H26ClN3O. The van der Waals surface area contributed by atoms with Gasteiger partial charge in [0.05, 0.1) is 22.0 Å². The molecule has 1 aromatic heterocycles. The molecule has 1 N–H and O–H groups in total. The van der Waals surface area contributed by atoms with Gasteiger partial charge in [-0.3, -0.25) is 4.68 Å². The first-order valence-corrected chi connectivity index (χ1v) is 7.25. The number of hydrogen-bond donors (Lipinski definition) is 1. The summed E-state index contributed by atoms with van der Waals surface area (Å²) in [4.78, 5) is 0. The molecular weight excluding hydrogens is 262 g/mol. The van der Waals surface area contributed by atoms with Crippen molar-refractivity contribution in [1.82, 2.24) is 15.1 Å². The fourth-order valence-corrected chi connectivity index (χ4v) is 2.59. The van der Waals surface area contributed by atoms with Gasteiger partial charge in [0.1, 0.15) is 0 Å². The van der Waals surface area contributed by atoms with Crippen LogP contribution < -0.4 is 5.32 Å². The third-order valence-electron chi connectivity index (χ3n) is 3.81. The highest BCUT2D eigenvalue weighted by molar-refractivity contribution is 6.31. The summed E-state index contributed by atoms with van der Waals surface area (Å²) in [5, 5.41) is 8.68. The molecule has 0 bridgehead atoms. The molecule has 0 saturated heterocycles. The Morgan fingerprint density at radius 1 is 1.42 bits per heavy atom. The van der Waals surface area contributed by atoms with Gasteiger partial charge in [-0.25, -0.2) is 0 Å². The molecule has 0 aromatic carbocycles. The maximum absolute atomic E-state index is 6.45. The monoisotopic (exact) mass is 287 g/mol. The van der Waals surface area contributed by atoms with Crippen molar-refractivity contribution in [1.29, 1.82) is 0 Å². The first-order valence-electron chi connectivity index (χ1n) is 6.87. The van der Waals surface area contributed by atoms with Gasteiger partial charge in [-0.1, -0.05) is 18.5 Å². The van der Waals surface area contributed by atoms with Crippen molar-refractivity contribution < 1.29 is 4.74 Å². The van der Waals surface area contributed by atoms with Crippen molar-refractivity contribution in [2.75, 3.05) is 14.2 Å². The van der Waals surface area contributed by atoms with Gasteiger partial charge in [-0.2, -0.15) is 5.10 Å². The van der Waals surface area contributed by atoms with E-state index in [1.165, 1.54) is 0 Å². The zero-order valence-corrected chi connectivity index (χ0v) is 13.6. The lowest BCUT2D eigenvalue weighted by molar-refractivity contribution is -0.00845. The third-order valence-corrected chi connectivity index (χ3v) is 4.24. The van der Waals surface area contributed by atoms with Crippen molar-refractivity contribution in [2.24, 2.45) is 0 Å². The number of likely N-dealkylation sites (N-methyl/N-ethyl adjacent to an activating group) is 1. The predicted octanol–water partition coefficient (Wildman–Crippen LogP) is 2.67. The Balaban J connectivity index is 3.06. The van der Waals surface area contributed by atoms with E-state index in [0.717, 1.165) is 35.8 Å². The number of nitrogens with zero attached hydrogens (tertiary/aromatic N) is 2. The van der Waals surface area contributed by atoms with Crippen LogP contribution in [0.2, 0.25) is 5.02 Å². The largest absolute Gasteiger partial charge is 0.377 e. The lowest BCUT2D eigenvalue weighted by Gasteiger charge is -2.33. The van der Waals surface area contributed by atoms with Crippen LogP contribution in [0, 0.1) is 0 Å². The van der Waals surface area contributed by atoms with Gasteiger partial charge in [0, 0.05) is 26.1 Å². The van der Waals surface area contributed by atoms with E-state index in [9.17, 15) is 0 Å². The van der Waals surface area contributed by atoms with Gasteiger partial charge in [0.15, 0.2) is 0 Å². The first kappa shape index (κ1) is 16.5. The number of aryl methyl sites for hydroxylation is 2. The second kappa shape index (κ2) is 6.73. The second-order valence-electron chi connectivity index (χ2n) is 5.23. The molecule has 1 heterocycles. The number of nitrogens with one attached hydrogen (secondary N) is 1. The van der Waals surface area contributed by atoms with Gasteiger partial charge in [0.25, 0.3) is 0 Å². The summed E-state index contributed by atoms with van der Waals surface area (Å²) in [6.45, 7) is 9.15. The van der Waals surface area contributed by atoms with E-state index in [0.29, 0.717) is 0 Å². The number of hydrogen-bond acceptors (Lipinski definition) is 3. The SMILES string of the molecule is CCc1nn(CC)c(CC(NC)C(C)(C)OC)c1Cl. The molecule has 110 valence electrons. The molecule has 1 unspecified atom stereocenters. The van der Waals surface area contributed by atoms with E-state index in [4.69, 9.17) is 16.3 Å². The van der Waals surface area contributed by atoms with Crippen LogP contribution in [-0.4, -0.2) is 35.6 Å². The molecule has 5 heteroatoms. The van der Waals surface area contributed by atoms with Crippen LogP contribution in [0.25, 0.3) is 0 Å². The smallest absolute Gasteiger partial charge is 0.0850 e. The minimum Gasteiger partial charge on any atom is -0.377 e. The molecule has 0 fully saturated rings. The molecule has 0 spiro atoms. The fourth-order valence-electron chi connectivity index (χ4n) is 2.24. The van der Waals surface area contributed by atoms with Crippen molar-refractivity contribution in [2.45, 2.75) is 58.7 Å². The minimum atomic E-state index is -0.257. The summed E-state index contributed by atoms with van der Waals surface area (Å²) in [6, 6.07) is 0.182. The molecule has 0 radical (unpaired) electrons. The fraction of sp³-hybridized carbons (Fsp3) is 0.786. The molecule has 1 rings (SSSR count). The average Bonchev–Trinajstić information content (AvgIpc) is 2.71. The molecule has 19 heavy (non-hydrogen) atoms. The summed E-state index contributed by atoms with van der Waals surface area (Å²) >= 11 is 6.45. The molecule has 0 aliphatic rings. The Bertz CT molecular complexity index is 415. The van der Waals surface area contributed by atoms with Gasteiger partial charge in [0.2, 0.25) is 0 Å². The van der Waals surface area contributed by atoms with Crippen LogP contribution >= 0.6 is 11.6 Å². The Kier molecular flexibility index (Phi) is 5.83. The number of aromatic nitrogens is 2. The predicted molar refractivity (Wildman–Crippen MR) is 79.9 cm³/mol. The van der Waals surface area contributed by atoms with Crippen LogP contribution in [-0.2, 0) is 24.1 Å². The maximum atomic E-state index is 6.45. The van der Waals surface area contributed by atoms with Crippen LogP contribution in [0.1, 0.15) is 39.1 Å². The van der Waals surface area contributed by atoms with Crippen molar-refractivity contribution >= 4 is 11.6 Å². The molecule has 0 amide bonds. The van der Waals surface area contributed by atoms with Gasteiger partial charge >= 0.3 is 0 Å². The van der Waals surface area contributed by atoms with Crippen molar-refractivity contribution in [3.8, 4) is 0 Å². The summed E-state index contributed by atoms with van der Waals surface area (Å²) < 4.78 is 7.57. The van der Waals surface area contributed by atoms with Crippen LogP contribution in [0.5, 0.6) is 0 Å². The summed E-state index contributed by atoms with van der Waals surface area (Å²) in [6.07, 6.45) is 1.66. The summed E-state index contributed by atoms with van der Waals surface area (Å²) in [5.41, 5.74) is 1.81. The zero-order valence-electron chi connectivity index (χ0n) is 12.9. The number of ether oxygens (including phenoxy) is 1. The van der Waals surface area contributed by atoms with Crippen molar-refractivity contribution in [3.05, 3.63) is 16.4 Å². The standard InChI is InChI=1S/C14H26ClN3O/c1-7-10-13(15)11(18(8-2)17-10)9-12(16-5)14(3,4)19-6/h12,16H,7-9H2,1-6H3. The Labute approximate surface area is 121 Å². The molecule has 4 nitrogen and oxygen atoms in total. The van der Waals surface area contributed by atoms with E-state index < -0.39 is 0 Å². The first-order chi connectivity index (χ1) is 8.91. The normalized spacial score (nSPS) is 13.8. The lowest BCUT2D eigenvalue weighted by atomic mass is 9.94. The highest BCUT2D eigenvalue weighted by Crippen LogP contribution is 2.26. The third kappa shape index (κ3) is 3.50. The zero-order chi connectivity index (χ0) is 14.6. The quantitative estimate of drug-likeness (QED) is 0.838. The van der Waals surface area contributed by atoms with E-state index in [1.807, 2.05) is 11.7 Å². The Morgan fingerprint density at radius 2 is 2.05 bits per heavy atom. The van der Waals surface area contributed by atoms with E-state index in [1.54, 1.807) is 7.11 Å². The molecule has 0 aliphatic carbocycles.